The molecular weight excluding hydrogens is 483 g/mol. The van der Waals surface area contributed by atoms with Crippen molar-refractivity contribution in [1.29, 1.82) is 0 Å². The quantitative estimate of drug-likeness (QED) is 0.452. The predicted octanol–water partition coefficient (Wildman–Crippen LogP) is 4.64. The lowest BCUT2D eigenvalue weighted by Crippen LogP contribution is -2.09. The summed E-state index contributed by atoms with van der Waals surface area (Å²) in [5.41, 5.74) is 2.08. The van der Waals surface area contributed by atoms with Crippen molar-refractivity contribution in [1.82, 2.24) is 9.55 Å². The van der Waals surface area contributed by atoms with Crippen LogP contribution in [0.1, 0.15) is 11.1 Å². The lowest BCUT2D eigenvalue weighted by atomic mass is 10.1. The zero-order valence-corrected chi connectivity index (χ0v) is 17.6. The Bertz CT molecular complexity index is 1040. The average molecular weight is 500 g/mol. The number of halogens is 4. The molecule has 0 unspecified atom stereocenters. The first-order chi connectivity index (χ1) is 14.5. The maximum atomic E-state index is 12.6. The summed E-state index contributed by atoms with van der Waals surface area (Å²) in [6.45, 7) is 0.392. The number of aliphatic carboxylic acids is 2. The minimum Gasteiger partial charge on any atom is -0.473 e. The van der Waals surface area contributed by atoms with Crippen molar-refractivity contribution >= 4 is 33.8 Å². The van der Waals surface area contributed by atoms with Crippen molar-refractivity contribution in [3.05, 3.63) is 70.3 Å². The van der Waals surface area contributed by atoms with Gasteiger partial charge in [0.25, 0.3) is 0 Å². The van der Waals surface area contributed by atoms with Crippen molar-refractivity contribution < 1.29 is 33.0 Å². The molecule has 2 aromatic carbocycles. The highest BCUT2D eigenvalue weighted by Gasteiger charge is 2.29. The van der Waals surface area contributed by atoms with Crippen molar-refractivity contribution in [2.45, 2.75) is 12.7 Å². The van der Waals surface area contributed by atoms with Gasteiger partial charge in [0.1, 0.15) is 0 Å². The second-order valence-corrected chi connectivity index (χ2v) is 7.11. The van der Waals surface area contributed by atoms with Gasteiger partial charge in [0.15, 0.2) is 0 Å². The number of hydrogen-bond acceptors (Lipinski definition) is 4. The maximum absolute atomic E-state index is 12.6. The Morgan fingerprint density at radius 3 is 2.06 bits per heavy atom. The van der Waals surface area contributed by atoms with Crippen LogP contribution in [0.5, 0.6) is 0 Å². The van der Waals surface area contributed by atoms with Crippen LogP contribution in [-0.4, -0.2) is 31.7 Å². The number of benzene rings is 2. The fraction of sp³-hybridized carbons (Fsp3) is 0.150. The fourth-order valence-corrected chi connectivity index (χ4v) is 2.72. The first kappa shape index (κ1) is 23.9. The monoisotopic (exact) mass is 499 g/mol. The second-order valence-electron chi connectivity index (χ2n) is 6.19. The Morgan fingerprint density at radius 2 is 1.58 bits per heavy atom. The summed E-state index contributed by atoms with van der Waals surface area (Å²) in [5, 5.41) is 17.9. The van der Waals surface area contributed by atoms with Crippen LogP contribution in [-0.2, 0) is 29.4 Å². The van der Waals surface area contributed by atoms with Crippen LogP contribution in [0.15, 0.2) is 59.2 Å². The van der Waals surface area contributed by atoms with Gasteiger partial charge in [0.05, 0.1) is 17.5 Å². The zero-order valence-electron chi connectivity index (χ0n) is 16.0. The van der Waals surface area contributed by atoms with Gasteiger partial charge < -0.3 is 20.1 Å². The third-order valence-electron chi connectivity index (χ3n) is 4.04. The van der Waals surface area contributed by atoms with Gasteiger partial charge in [-0.05, 0) is 35.4 Å². The van der Waals surface area contributed by atoms with Crippen LogP contribution in [0.3, 0.4) is 0 Å². The number of imidazole rings is 1. The molecule has 0 aliphatic carbocycles. The highest BCUT2D eigenvalue weighted by Crippen LogP contribution is 2.29. The predicted molar refractivity (Wildman–Crippen MR) is 110 cm³/mol. The van der Waals surface area contributed by atoms with Gasteiger partial charge in [-0.25, -0.2) is 14.6 Å². The summed E-state index contributed by atoms with van der Waals surface area (Å²) in [5.74, 6) is -3.00. The van der Waals surface area contributed by atoms with E-state index in [2.05, 4.69) is 26.2 Å². The normalized spacial score (nSPS) is 10.7. The van der Waals surface area contributed by atoms with Crippen molar-refractivity contribution in [2.75, 3.05) is 5.32 Å². The van der Waals surface area contributed by atoms with E-state index in [1.165, 1.54) is 12.1 Å². The molecule has 0 atom stereocenters. The summed E-state index contributed by atoms with van der Waals surface area (Å²) in [6.07, 6.45) is -2.55. The maximum Gasteiger partial charge on any atom is 0.416 e. The molecule has 0 bridgehead atoms. The number of rotatable bonds is 4. The van der Waals surface area contributed by atoms with E-state index in [0.717, 1.165) is 33.4 Å². The first-order valence-electron chi connectivity index (χ1n) is 8.63. The summed E-state index contributed by atoms with van der Waals surface area (Å²) < 4.78 is 40.7. The largest absolute Gasteiger partial charge is 0.473 e. The topological polar surface area (TPSA) is 104 Å². The highest BCUT2D eigenvalue weighted by atomic mass is 79.9. The van der Waals surface area contributed by atoms with E-state index in [-0.39, 0.29) is 0 Å². The number of carbonyl (C=O) groups is 2. The summed E-state index contributed by atoms with van der Waals surface area (Å²) in [7, 11) is 1.89. The standard InChI is InChI=1S/C18H15BrF3N3.C2H2O4/c1-25-16(13-4-8-15(19)9-5-13)11-24-17(25)23-10-12-2-6-14(7-3-12)18(20,21)22;3-1(4)2(5)6/h2-9,11H,10H2,1H3,(H,23,24);(H,3,4)(H,5,6). The van der Waals surface area contributed by atoms with E-state index in [0.29, 0.717) is 12.5 Å². The molecule has 7 nitrogen and oxygen atoms in total. The van der Waals surface area contributed by atoms with Crippen molar-refractivity contribution in [2.24, 2.45) is 7.05 Å². The third kappa shape index (κ3) is 6.85. The third-order valence-corrected chi connectivity index (χ3v) is 4.57. The molecular formula is C20H17BrF3N3O4. The Balaban J connectivity index is 0.000000501. The minimum atomic E-state index is -4.31. The fourth-order valence-electron chi connectivity index (χ4n) is 2.46. The van der Waals surface area contributed by atoms with E-state index in [4.69, 9.17) is 19.8 Å². The number of aromatic nitrogens is 2. The van der Waals surface area contributed by atoms with Crippen LogP contribution in [0.2, 0.25) is 0 Å². The molecule has 1 heterocycles. The molecule has 11 heteroatoms. The Hall–Kier alpha value is -3.34. The van der Waals surface area contributed by atoms with E-state index in [1.54, 1.807) is 6.20 Å². The Kier molecular flexibility index (Phi) is 7.81. The molecule has 0 radical (unpaired) electrons. The van der Waals surface area contributed by atoms with E-state index in [9.17, 15) is 13.2 Å². The molecule has 0 amide bonds. The van der Waals surface area contributed by atoms with Crippen LogP contribution < -0.4 is 5.32 Å². The summed E-state index contributed by atoms with van der Waals surface area (Å²) in [4.78, 5) is 22.5. The van der Waals surface area contributed by atoms with Crippen LogP contribution in [0.4, 0.5) is 19.1 Å². The van der Waals surface area contributed by atoms with Gasteiger partial charge in [-0.1, -0.05) is 40.2 Å². The SMILES string of the molecule is Cn1c(-c2ccc(Br)cc2)cnc1NCc1ccc(C(F)(F)F)cc1.O=C(O)C(=O)O. The number of alkyl halides is 3. The number of hydrogen-bond donors (Lipinski definition) is 3. The Labute approximate surface area is 183 Å². The van der Waals surface area contributed by atoms with Gasteiger partial charge in [0, 0.05) is 18.1 Å². The second kappa shape index (κ2) is 10.1. The number of nitrogens with zero attached hydrogens (tertiary/aromatic N) is 2. The molecule has 0 saturated carbocycles. The number of carboxylic acid groups (broad SMARTS) is 2. The van der Waals surface area contributed by atoms with Gasteiger partial charge in [-0.2, -0.15) is 13.2 Å². The van der Waals surface area contributed by atoms with E-state index >= 15 is 0 Å². The highest BCUT2D eigenvalue weighted by molar-refractivity contribution is 9.10. The average Bonchev–Trinajstić information content (AvgIpc) is 3.07. The zero-order chi connectivity index (χ0) is 23.2. The molecule has 0 fully saturated rings. The van der Waals surface area contributed by atoms with Crippen LogP contribution >= 0.6 is 15.9 Å². The molecule has 164 valence electrons. The molecule has 3 rings (SSSR count). The molecule has 0 spiro atoms. The first-order valence-corrected chi connectivity index (χ1v) is 9.42. The van der Waals surface area contributed by atoms with Crippen molar-refractivity contribution in [3.63, 3.8) is 0 Å². The lowest BCUT2D eigenvalue weighted by Gasteiger charge is -2.10. The lowest BCUT2D eigenvalue weighted by molar-refractivity contribution is -0.159. The molecule has 0 aliphatic rings. The summed E-state index contributed by atoms with van der Waals surface area (Å²) in [6, 6.07) is 13.0. The molecule has 3 aromatic rings. The molecule has 0 aliphatic heterocycles. The number of carboxylic acids is 2. The van der Waals surface area contributed by atoms with Gasteiger partial charge in [-0.15, -0.1) is 0 Å². The summed E-state index contributed by atoms with van der Waals surface area (Å²) >= 11 is 3.40. The molecule has 1 aromatic heterocycles. The Morgan fingerprint density at radius 1 is 1.03 bits per heavy atom. The van der Waals surface area contributed by atoms with Gasteiger partial charge >= 0.3 is 18.1 Å². The molecule has 31 heavy (non-hydrogen) atoms. The molecule has 3 N–H and O–H groups in total. The smallest absolute Gasteiger partial charge is 0.416 e. The van der Waals surface area contributed by atoms with Crippen LogP contribution in [0.25, 0.3) is 11.3 Å². The minimum absolute atomic E-state index is 0.392. The van der Waals surface area contributed by atoms with Gasteiger partial charge in [-0.3, -0.25) is 0 Å². The van der Waals surface area contributed by atoms with E-state index < -0.39 is 23.7 Å². The number of anilines is 1. The van der Waals surface area contributed by atoms with Gasteiger partial charge in [0.2, 0.25) is 5.95 Å². The number of nitrogens with one attached hydrogen (secondary N) is 1. The van der Waals surface area contributed by atoms with Crippen molar-refractivity contribution in [3.8, 4) is 11.3 Å². The molecule has 0 saturated heterocycles. The van der Waals surface area contributed by atoms with Crippen LogP contribution in [0, 0.1) is 0 Å². The van der Waals surface area contributed by atoms with E-state index in [1.807, 2.05) is 35.9 Å².